The molecule has 0 fully saturated rings. The van der Waals surface area contributed by atoms with Crippen molar-refractivity contribution in [2.75, 3.05) is 32.1 Å². The van der Waals surface area contributed by atoms with Crippen molar-refractivity contribution in [3.8, 4) is 0 Å². The van der Waals surface area contributed by atoms with Crippen molar-refractivity contribution in [3.63, 3.8) is 0 Å². The van der Waals surface area contributed by atoms with Gasteiger partial charge >= 0.3 is 6.03 Å². The number of anilines is 1. The van der Waals surface area contributed by atoms with Gasteiger partial charge in [-0.05, 0) is 17.9 Å². The number of carbonyl (C=O) groups is 1. The van der Waals surface area contributed by atoms with Crippen molar-refractivity contribution < 1.29 is 9.53 Å². The second kappa shape index (κ2) is 8.90. The number of aromatic nitrogens is 1. The Kier molecular flexibility index (Phi) is 6.88. The Hall–Kier alpha value is -2.01. The summed E-state index contributed by atoms with van der Waals surface area (Å²) in [6.07, 6.45) is 2.00. The lowest BCUT2D eigenvalue weighted by molar-refractivity contribution is 0.188. The number of ether oxygens (including phenoxy) is 1. The molecule has 0 atom stereocenters. The monoisotopic (exact) mass is 345 g/mol. The fourth-order valence-corrected chi connectivity index (χ4v) is 3.04. The highest BCUT2D eigenvalue weighted by atomic mass is 16.5. The molecule has 5 heteroatoms. The third kappa shape index (κ3) is 5.23. The minimum Gasteiger partial charge on any atom is -0.383 e. The SMILES string of the molecule is COCCn1cc(NC(=O)N(CC(C)C)CC(C)C)c2ccccc21. The number of nitrogens with one attached hydrogen (secondary N) is 1. The summed E-state index contributed by atoms with van der Waals surface area (Å²) in [7, 11) is 1.70. The van der Waals surface area contributed by atoms with Gasteiger partial charge < -0.3 is 19.5 Å². The molecule has 0 bridgehead atoms. The van der Waals surface area contributed by atoms with E-state index in [0.717, 1.165) is 36.2 Å². The molecule has 25 heavy (non-hydrogen) atoms. The van der Waals surface area contributed by atoms with Gasteiger partial charge in [-0.1, -0.05) is 45.9 Å². The first-order valence-corrected chi connectivity index (χ1v) is 9.05. The maximum atomic E-state index is 12.8. The van der Waals surface area contributed by atoms with E-state index in [0.29, 0.717) is 18.4 Å². The molecule has 0 radical (unpaired) electrons. The molecule has 0 unspecified atom stereocenters. The smallest absolute Gasteiger partial charge is 0.321 e. The topological polar surface area (TPSA) is 46.5 Å². The molecule has 2 aromatic rings. The van der Waals surface area contributed by atoms with Crippen LogP contribution in [0.5, 0.6) is 0 Å². The van der Waals surface area contributed by atoms with Crippen LogP contribution < -0.4 is 5.32 Å². The van der Waals surface area contributed by atoms with Crippen molar-refractivity contribution in [2.24, 2.45) is 11.8 Å². The van der Waals surface area contributed by atoms with Gasteiger partial charge in [0.1, 0.15) is 0 Å². The van der Waals surface area contributed by atoms with Crippen LogP contribution >= 0.6 is 0 Å². The molecule has 1 heterocycles. The standard InChI is InChI=1S/C20H31N3O2/c1-15(2)12-23(13-16(3)4)20(24)21-18-14-22(10-11-25-5)19-9-7-6-8-17(18)19/h6-9,14-16H,10-13H2,1-5H3,(H,21,24). The van der Waals surface area contributed by atoms with Crippen molar-refractivity contribution in [1.82, 2.24) is 9.47 Å². The molecular formula is C20H31N3O2. The van der Waals surface area contributed by atoms with Gasteiger partial charge in [0.25, 0.3) is 0 Å². The third-order valence-corrected chi connectivity index (χ3v) is 4.02. The van der Waals surface area contributed by atoms with Crippen LogP contribution in [-0.2, 0) is 11.3 Å². The Morgan fingerprint density at radius 3 is 2.40 bits per heavy atom. The van der Waals surface area contributed by atoms with Gasteiger partial charge in [0.15, 0.2) is 0 Å². The largest absolute Gasteiger partial charge is 0.383 e. The van der Waals surface area contributed by atoms with Crippen molar-refractivity contribution in [3.05, 3.63) is 30.5 Å². The average molecular weight is 345 g/mol. The predicted molar refractivity (Wildman–Crippen MR) is 104 cm³/mol. The first-order valence-electron chi connectivity index (χ1n) is 9.05. The normalized spacial score (nSPS) is 11.5. The Bertz CT molecular complexity index is 681. The number of benzene rings is 1. The molecule has 2 amide bonds. The molecule has 0 saturated carbocycles. The van der Waals surface area contributed by atoms with E-state index < -0.39 is 0 Å². The van der Waals surface area contributed by atoms with Crippen molar-refractivity contribution in [2.45, 2.75) is 34.2 Å². The summed E-state index contributed by atoms with van der Waals surface area (Å²) in [6, 6.07) is 8.10. The Morgan fingerprint density at radius 1 is 1.16 bits per heavy atom. The van der Waals surface area contributed by atoms with Gasteiger partial charge in [-0.15, -0.1) is 0 Å². The molecule has 1 aromatic carbocycles. The minimum atomic E-state index is -0.0305. The number of methoxy groups -OCH3 is 1. The number of fused-ring (bicyclic) bond motifs is 1. The van der Waals surface area contributed by atoms with Gasteiger partial charge in [-0.25, -0.2) is 4.79 Å². The summed E-state index contributed by atoms with van der Waals surface area (Å²) < 4.78 is 7.32. The van der Waals surface area contributed by atoms with Gasteiger partial charge in [0, 0.05) is 38.3 Å². The van der Waals surface area contributed by atoms with Gasteiger partial charge in [-0.2, -0.15) is 0 Å². The van der Waals surface area contributed by atoms with E-state index in [1.54, 1.807) is 7.11 Å². The highest BCUT2D eigenvalue weighted by molar-refractivity contribution is 6.01. The third-order valence-electron chi connectivity index (χ3n) is 4.02. The van der Waals surface area contributed by atoms with Crippen LogP contribution in [0.25, 0.3) is 10.9 Å². The number of amides is 2. The molecule has 2 rings (SSSR count). The van der Waals surface area contributed by atoms with E-state index in [-0.39, 0.29) is 6.03 Å². The highest BCUT2D eigenvalue weighted by Gasteiger charge is 2.18. The second-order valence-corrected chi connectivity index (χ2v) is 7.37. The summed E-state index contributed by atoms with van der Waals surface area (Å²) in [6.45, 7) is 11.5. The molecule has 1 aromatic heterocycles. The molecule has 0 aliphatic carbocycles. The minimum absolute atomic E-state index is 0.0305. The fraction of sp³-hybridized carbons (Fsp3) is 0.550. The molecule has 138 valence electrons. The highest BCUT2D eigenvalue weighted by Crippen LogP contribution is 2.26. The molecule has 1 N–H and O–H groups in total. The zero-order valence-electron chi connectivity index (χ0n) is 16.1. The van der Waals surface area contributed by atoms with Gasteiger partial charge in [-0.3, -0.25) is 0 Å². The summed E-state index contributed by atoms with van der Waals surface area (Å²) in [4.78, 5) is 14.7. The number of rotatable bonds is 8. The van der Waals surface area contributed by atoms with Crippen LogP contribution in [0, 0.1) is 11.8 Å². The maximum Gasteiger partial charge on any atom is 0.321 e. The van der Waals surface area contributed by atoms with Crippen LogP contribution in [0.3, 0.4) is 0 Å². The van der Waals surface area contributed by atoms with E-state index in [1.165, 1.54) is 0 Å². The van der Waals surface area contributed by atoms with Crippen LogP contribution in [0.15, 0.2) is 30.5 Å². The summed E-state index contributed by atoms with van der Waals surface area (Å²) in [5.41, 5.74) is 1.96. The number of nitrogens with zero attached hydrogens (tertiary/aromatic N) is 2. The zero-order valence-corrected chi connectivity index (χ0v) is 16.1. The number of carbonyl (C=O) groups excluding carboxylic acids is 1. The van der Waals surface area contributed by atoms with Gasteiger partial charge in [0.05, 0.1) is 17.8 Å². The van der Waals surface area contributed by atoms with Crippen LogP contribution in [-0.4, -0.2) is 42.3 Å². The molecular weight excluding hydrogens is 314 g/mol. The zero-order chi connectivity index (χ0) is 18.4. The van der Waals surface area contributed by atoms with E-state index in [2.05, 4.69) is 43.6 Å². The molecule has 0 saturated heterocycles. The lowest BCUT2D eigenvalue weighted by atomic mass is 10.1. The van der Waals surface area contributed by atoms with Crippen LogP contribution in [0.2, 0.25) is 0 Å². The van der Waals surface area contributed by atoms with Crippen LogP contribution in [0.1, 0.15) is 27.7 Å². The second-order valence-electron chi connectivity index (χ2n) is 7.37. The van der Waals surface area contributed by atoms with Crippen LogP contribution in [0.4, 0.5) is 10.5 Å². The predicted octanol–water partition coefficient (Wildman–Crippen LogP) is 4.43. The van der Waals surface area contributed by atoms with Gasteiger partial charge in [0.2, 0.25) is 0 Å². The summed E-state index contributed by atoms with van der Waals surface area (Å²) in [5, 5.41) is 4.17. The summed E-state index contributed by atoms with van der Waals surface area (Å²) >= 11 is 0. The van der Waals surface area contributed by atoms with Crippen molar-refractivity contribution in [1.29, 1.82) is 0 Å². The number of hydrogen-bond donors (Lipinski definition) is 1. The Morgan fingerprint density at radius 2 is 1.80 bits per heavy atom. The quantitative estimate of drug-likeness (QED) is 0.769. The van der Waals surface area contributed by atoms with E-state index in [1.807, 2.05) is 29.3 Å². The number of hydrogen-bond acceptors (Lipinski definition) is 2. The fourth-order valence-electron chi connectivity index (χ4n) is 3.04. The first-order chi connectivity index (χ1) is 11.9. The lowest BCUT2D eigenvalue weighted by Crippen LogP contribution is -2.39. The molecule has 5 nitrogen and oxygen atoms in total. The van der Waals surface area contributed by atoms with E-state index in [4.69, 9.17) is 4.74 Å². The average Bonchev–Trinajstić information content (AvgIpc) is 2.89. The van der Waals surface area contributed by atoms with E-state index in [9.17, 15) is 4.79 Å². The van der Waals surface area contributed by atoms with Crippen molar-refractivity contribution >= 4 is 22.6 Å². The van der Waals surface area contributed by atoms with E-state index >= 15 is 0 Å². The lowest BCUT2D eigenvalue weighted by Gasteiger charge is -2.26. The first kappa shape index (κ1) is 19.3. The molecule has 0 aliphatic heterocycles. The maximum absolute atomic E-state index is 12.8. The Labute approximate surface area is 150 Å². The Balaban J connectivity index is 2.24. The number of urea groups is 1. The summed E-state index contributed by atoms with van der Waals surface area (Å²) in [5.74, 6) is 0.875. The number of para-hydroxylation sites is 1. The molecule has 0 spiro atoms. The molecule has 0 aliphatic rings.